The first-order valence-electron chi connectivity index (χ1n) is 6.09. The van der Waals surface area contributed by atoms with Crippen molar-refractivity contribution in [2.24, 2.45) is 5.73 Å². The lowest BCUT2D eigenvalue weighted by atomic mass is 10.2. The van der Waals surface area contributed by atoms with Crippen LogP contribution in [0, 0.1) is 0 Å². The molecule has 1 heterocycles. The van der Waals surface area contributed by atoms with Crippen LogP contribution in [0.2, 0.25) is 0 Å². The number of ether oxygens (including phenoxy) is 1. The Kier molecular flexibility index (Phi) is 5.80. The molecule has 2 atom stereocenters. The third kappa shape index (κ3) is 4.12. The minimum Gasteiger partial charge on any atom is -0.378 e. The molecule has 0 radical (unpaired) electrons. The smallest absolute Gasteiger partial charge is 0.245 e. The van der Waals surface area contributed by atoms with Crippen molar-refractivity contribution in [3.63, 3.8) is 0 Å². The second-order valence-electron chi connectivity index (χ2n) is 4.30. The fourth-order valence-corrected chi connectivity index (χ4v) is 1.73. The van der Waals surface area contributed by atoms with Gasteiger partial charge in [-0.1, -0.05) is 6.08 Å². The molecule has 3 N–H and O–H groups in total. The molecule has 6 heteroatoms. The molecule has 1 saturated heterocycles. The second kappa shape index (κ2) is 7.13. The molecule has 2 unspecified atom stereocenters. The maximum Gasteiger partial charge on any atom is 0.245 e. The number of nitrogens with zero attached hydrogens (tertiary/aromatic N) is 1. The van der Waals surface area contributed by atoms with Gasteiger partial charge in [-0.2, -0.15) is 0 Å². The van der Waals surface area contributed by atoms with Gasteiger partial charge in [-0.3, -0.25) is 9.59 Å². The highest BCUT2D eigenvalue weighted by molar-refractivity contribution is 5.89. The van der Waals surface area contributed by atoms with Crippen LogP contribution in [-0.4, -0.2) is 55.1 Å². The summed E-state index contributed by atoms with van der Waals surface area (Å²) in [5.41, 5.74) is 5.63. The number of hydrogen-bond donors (Lipinski definition) is 2. The number of carbonyl (C=O) groups is 2. The van der Waals surface area contributed by atoms with Crippen LogP contribution in [0.15, 0.2) is 12.7 Å². The van der Waals surface area contributed by atoms with Gasteiger partial charge < -0.3 is 20.7 Å². The lowest BCUT2D eigenvalue weighted by Crippen LogP contribution is -2.53. The van der Waals surface area contributed by atoms with Gasteiger partial charge in [-0.25, -0.2) is 0 Å². The van der Waals surface area contributed by atoms with Crippen LogP contribution >= 0.6 is 0 Å². The van der Waals surface area contributed by atoms with Gasteiger partial charge in [0.05, 0.1) is 19.3 Å². The Morgan fingerprint density at radius 1 is 1.50 bits per heavy atom. The lowest BCUT2D eigenvalue weighted by molar-refractivity contribution is -0.139. The molecule has 0 saturated carbocycles. The van der Waals surface area contributed by atoms with E-state index in [2.05, 4.69) is 11.9 Å². The van der Waals surface area contributed by atoms with Crippen molar-refractivity contribution in [2.75, 3.05) is 26.3 Å². The molecule has 0 aromatic rings. The molecule has 1 rings (SSSR count). The average Bonchev–Trinajstić information content (AvgIpc) is 2.39. The molecule has 102 valence electrons. The number of rotatable bonds is 5. The minimum absolute atomic E-state index is 0.0996. The molecule has 0 aromatic carbocycles. The quantitative estimate of drug-likeness (QED) is 0.633. The summed E-state index contributed by atoms with van der Waals surface area (Å²) in [4.78, 5) is 25.3. The summed E-state index contributed by atoms with van der Waals surface area (Å²) in [5.74, 6) is -0.429. The van der Waals surface area contributed by atoms with Crippen LogP contribution in [0.25, 0.3) is 0 Å². The van der Waals surface area contributed by atoms with E-state index >= 15 is 0 Å². The lowest BCUT2D eigenvalue weighted by Gasteiger charge is -2.29. The van der Waals surface area contributed by atoms with Gasteiger partial charge in [0.1, 0.15) is 6.04 Å². The van der Waals surface area contributed by atoms with Gasteiger partial charge in [-0.05, 0) is 13.3 Å². The molecule has 1 aliphatic rings. The van der Waals surface area contributed by atoms with E-state index in [0.29, 0.717) is 32.7 Å². The SMILES string of the molecule is C=CCC(N)C(=O)NC(C)C(=O)N1CCOCC1. The Morgan fingerprint density at radius 3 is 2.67 bits per heavy atom. The zero-order valence-corrected chi connectivity index (χ0v) is 10.7. The Bertz CT molecular complexity index is 314. The topological polar surface area (TPSA) is 84.7 Å². The predicted octanol–water partition coefficient (Wildman–Crippen LogP) is -0.747. The molecular formula is C12H21N3O3. The number of nitrogens with one attached hydrogen (secondary N) is 1. The van der Waals surface area contributed by atoms with Gasteiger partial charge in [0, 0.05) is 13.1 Å². The van der Waals surface area contributed by atoms with Crippen LogP contribution < -0.4 is 11.1 Å². The third-order valence-electron chi connectivity index (χ3n) is 2.81. The predicted molar refractivity (Wildman–Crippen MR) is 67.8 cm³/mol. The molecule has 6 nitrogen and oxygen atoms in total. The Balaban J connectivity index is 2.43. The number of morpholine rings is 1. The molecule has 2 amide bonds. The van der Waals surface area contributed by atoms with Crippen molar-refractivity contribution in [3.8, 4) is 0 Å². The summed E-state index contributed by atoms with van der Waals surface area (Å²) in [6, 6.07) is -1.21. The maximum atomic E-state index is 12.0. The molecule has 1 aliphatic heterocycles. The Labute approximate surface area is 107 Å². The fourth-order valence-electron chi connectivity index (χ4n) is 1.73. The van der Waals surface area contributed by atoms with E-state index in [4.69, 9.17) is 10.5 Å². The number of nitrogens with two attached hydrogens (primary N) is 1. The first-order valence-corrected chi connectivity index (χ1v) is 6.09. The summed E-state index contributed by atoms with van der Waals surface area (Å²) < 4.78 is 5.17. The van der Waals surface area contributed by atoms with Crippen molar-refractivity contribution < 1.29 is 14.3 Å². The van der Waals surface area contributed by atoms with Crippen molar-refractivity contribution in [1.82, 2.24) is 10.2 Å². The number of amides is 2. The first-order chi connectivity index (χ1) is 8.56. The fraction of sp³-hybridized carbons (Fsp3) is 0.667. The van der Waals surface area contributed by atoms with Gasteiger partial charge in [0.2, 0.25) is 11.8 Å². The van der Waals surface area contributed by atoms with Gasteiger partial charge in [0.25, 0.3) is 0 Å². The zero-order valence-electron chi connectivity index (χ0n) is 10.7. The highest BCUT2D eigenvalue weighted by Crippen LogP contribution is 2.01. The van der Waals surface area contributed by atoms with E-state index in [1.807, 2.05) is 0 Å². The van der Waals surface area contributed by atoms with E-state index in [1.54, 1.807) is 17.9 Å². The van der Waals surface area contributed by atoms with Crippen LogP contribution in [0.4, 0.5) is 0 Å². The van der Waals surface area contributed by atoms with Gasteiger partial charge in [-0.15, -0.1) is 6.58 Å². The largest absolute Gasteiger partial charge is 0.378 e. The second-order valence-corrected chi connectivity index (χ2v) is 4.30. The average molecular weight is 255 g/mol. The normalized spacial score (nSPS) is 18.9. The van der Waals surface area contributed by atoms with Crippen molar-refractivity contribution in [1.29, 1.82) is 0 Å². The summed E-state index contributed by atoms with van der Waals surface area (Å²) >= 11 is 0. The molecule has 0 spiro atoms. The van der Waals surface area contributed by atoms with Crippen LogP contribution in [-0.2, 0) is 14.3 Å². The standard InChI is InChI=1S/C12H21N3O3/c1-3-4-10(13)11(16)14-9(2)12(17)15-5-7-18-8-6-15/h3,9-10H,1,4-8,13H2,2H3,(H,14,16). The molecule has 0 bridgehead atoms. The van der Waals surface area contributed by atoms with Gasteiger partial charge in [0.15, 0.2) is 0 Å². The van der Waals surface area contributed by atoms with E-state index in [-0.39, 0.29) is 11.8 Å². The summed E-state index contributed by atoms with van der Waals surface area (Å²) in [5, 5.41) is 2.62. The van der Waals surface area contributed by atoms with Gasteiger partial charge >= 0.3 is 0 Å². The maximum absolute atomic E-state index is 12.0. The zero-order chi connectivity index (χ0) is 13.5. The molecule has 18 heavy (non-hydrogen) atoms. The van der Waals surface area contributed by atoms with Crippen molar-refractivity contribution >= 4 is 11.8 Å². The number of hydrogen-bond acceptors (Lipinski definition) is 4. The third-order valence-corrected chi connectivity index (χ3v) is 2.81. The molecule has 0 aliphatic carbocycles. The molecule has 1 fully saturated rings. The molecule has 0 aromatic heterocycles. The Morgan fingerprint density at radius 2 is 2.11 bits per heavy atom. The summed E-state index contributed by atoms with van der Waals surface area (Å²) in [6.07, 6.45) is 1.98. The van der Waals surface area contributed by atoms with E-state index in [0.717, 1.165) is 0 Å². The number of carbonyl (C=O) groups excluding carboxylic acids is 2. The first kappa shape index (κ1) is 14.7. The minimum atomic E-state index is -0.651. The van der Waals surface area contributed by atoms with E-state index in [1.165, 1.54) is 0 Å². The van der Waals surface area contributed by atoms with Crippen LogP contribution in [0.5, 0.6) is 0 Å². The van der Waals surface area contributed by atoms with E-state index < -0.39 is 12.1 Å². The van der Waals surface area contributed by atoms with E-state index in [9.17, 15) is 9.59 Å². The Hall–Kier alpha value is -1.40. The summed E-state index contributed by atoms with van der Waals surface area (Å²) in [7, 11) is 0. The van der Waals surface area contributed by atoms with Crippen molar-refractivity contribution in [3.05, 3.63) is 12.7 Å². The monoisotopic (exact) mass is 255 g/mol. The van der Waals surface area contributed by atoms with Crippen LogP contribution in [0.1, 0.15) is 13.3 Å². The van der Waals surface area contributed by atoms with Crippen LogP contribution in [0.3, 0.4) is 0 Å². The molecular weight excluding hydrogens is 234 g/mol. The summed E-state index contributed by atoms with van der Waals surface area (Å²) in [6.45, 7) is 7.41. The highest BCUT2D eigenvalue weighted by Gasteiger charge is 2.24. The highest BCUT2D eigenvalue weighted by atomic mass is 16.5. The van der Waals surface area contributed by atoms with Crippen molar-refractivity contribution in [2.45, 2.75) is 25.4 Å².